The molecule has 0 unspecified atom stereocenters. The summed E-state index contributed by atoms with van der Waals surface area (Å²) in [6.45, 7) is 0. The monoisotopic (exact) mass is 408 g/mol. The highest BCUT2D eigenvalue weighted by Crippen LogP contribution is 2.59. The average molecular weight is 408 g/mol. The van der Waals surface area contributed by atoms with Crippen molar-refractivity contribution in [2.24, 2.45) is 0 Å². The SMILES string of the molecule is CNN(c1ccc(C#N)cc1)[P+](c1ccccc1)(c1ccccc1)c1ccccc1. The first kappa shape index (κ1) is 19.9. The van der Waals surface area contributed by atoms with Crippen molar-refractivity contribution in [3.05, 3.63) is 121 Å². The smallest absolute Gasteiger partial charge is 0.204 e. The number of nitriles is 1. The summed E-state index contributed by atoms with van der Waals surface area (Å²) in [5, 5.41) is 13.0. The van der Waals surface area contributed by atoms with E-state index in [1.165, 1.54) is 15.9 Å². The second-order valence-electron chi connectivity index (χ2n) is 6.84. The molecule has 0 spiro atoms. The van der Waals surface area contributed by atoms with E-state index in [-0.39, 0.29) is 0 Å². The van der Waals surface area contributed by atoms with Gasteiger partial charge in [-0.1, -0.05) is 54.6 Å². The van der Waals surface area contributed by atoms with Crippen LogP contribution in [-0.4, -0.2) is 7.05 Å². The third kappa shape index (κ3) is 3.48. The maximum Gasteiger partial charge on any atom is 0.220 e. The van der Waals surface area contributed by atoms with Crippen molar-refractivity contribution in [3.63, 3.8) is 0 Å². The van der Waals surface area contributed by atoms with Gasteiger partial charge in [0, 0.05) is 7.05 Å². The zero-order valence-corrected chi connectivity index (χ0v) is 17.7. The van der Waals surface area contributed by atoms with Crippen LogP contribution in [0.1, 0.15) is 5.56 Å². The van der Waals surface area contributed by atoms with E-state index < -0.39 is 7.41 Å². The lowest BCUT2D eigenvalue weighted by atomic mass is 10.2. The summed E-state index contributed by atoms with van der Waals surface area (Å²) in [5.41, 5.74) is 5.16. The molecule has 4 heteroatoms. The minimum atomic E-state index is -2.27. The van der Waals surface area contributed by atoms with Gasteiger partial charge in [-0.05, 0) is 60.7 Å². The number of hydrogen-bond acceptors (Lipinski definition) is 3. The molecule has 0 heterocycles. The van der Waals surface area contributed by atoms with E-state index >= 15 is 0 Å². The standard InChI is InChI=1S/C26H23N3P/c1-28-29(23-19-17-22(21-27)18-20-23)30(24-11-5-2-6-12-24,25-13-7-3-8-14-25)26-15-9-4-10-16-26/h2-20,28H,1H3/q+1. The molecule has 4 aromatic rings. The Morgan fingerprint density at radius 3 is 1.37 bits per heavy atom. The normalized spacial score (nSPS) is 10.9. The van der Waals surface area contributed by atoms with Gasteiger partial charge in [0.1, 0.15) is 15.9 Å². The zero-order chi connectivity index (χ0) is 20.8. The molecule has 0 aromatic heterocycles. The number of hydrogen-bond donors (Lipinski definition) is 1. The molecule has 4 aromatic carbocycles. The van der Waals surface area contributed by atoms with Crippen LogP contribution in [0, 0.1) is 11.3 Å². The van der Waals surface area contributed by atoms with Gasteiger partial charge in [0.15, 0.2) is 0 Å². The first-order chi connectivity index (χ1) is 14.8. The van der Waals surface area contributed by atoms with E-state index in [1.54, 1.807) is 0 Å². The van der Waals surface area contributed by atoms with Gasteiger partial charge in [0.25, 0.3) is 0 Å². The predicted octanol–water partition coefficient (Wildman–Crippen LogP) is 4.41. The molecule has 0 aliphatic carbocycles. The topological polar surface area (TPSA) is 39.1 Å². The fourth-order valence-electron chi connectivity index (χ4n) is 3.85. The Bertz CT molecular complexity index is 1030. The second-order valence-corrected chi connectivity index (χ2v) is 10.1. The minimum absolute atomic E-state index is 0.651. The molecule has 0 amide bonds. The summed E-state index contributed by atoms with van der Waals surface area (Å²) in [4.78, 5) is 0. The van der Waals surface area contributed by atoms with Crippen molar-refractivity contribution in [1.82, 2.24) is 5.43 Å². The Hall–Kier alpha value is -3.44. The van der Waals surface area contributed by atoms with Crippen LogP contribution in [-0.2, 0) is 0 Å². The van der Waals surface area contributed by atoms with Crippen LogP contribution in [0.5, 0.6) is 0 Å². The Labute approximate surface area is 178 Å². The molecular weight excluding hydrogens is 385 g/mol. The van der Waals surface area contributed by atoms with Gasteiger partial charge in [-0.3, -0.25) is 0 Å². The largest absolute Gasteiger partial charge is 0.220 e. The first-order valence-corrected chi connectivity index (χ1v) is 11.6. The maximum absolute atomic E-state index is 9.25. The van der Waals surface area contributed by atoms with E-state index in [1.807, 2.05) is 31.3 Å². The average Bonchev–Trinajstić information content (AvgIpc) is 2.84. The lowest BCUT2D eigenvalue weighted by Gasteiger charge is -2.37. The molecular formula is C26H23N3P+. The predicted molar refractivity (Wildman–Crippen MR) is 128 cm³/mol. The van der Waals surface area contributed by atoms with Crippen molar-refractivity contribution < 1.29 is 0 Å². The van der Waals surface area contributed by atoms with Gasteiger partial charge < -0.3 is 0 Å². The number of hydrazine groups is 1. The van der Waals surface area contributed by atoms with E-state index in [4.69, 9.17) is 0 Å². The Balaban J connectivity index is 2.06. The number of benzene rings is 4. The molecule has 0 fully saturated rings. The summed E-state index contributed by atoms with van der Waals surface area (Å²) in [6.07, 6.45) is 0. The van der Waals surface area contributed by atoms with Gasteiger partial charge in [0.05, 0.1) is 17.3 Å². The summed E-state index contributed by atoms with van der Waals surface area (Å²) < 4.78 is 2.29. The molecule has 0 aliphatic rings. The van der Waals surface area contributed by atoms with Gasteiger partial charge >= 0.3 is 0 Å². The van der Waals surface area contributed by atoms with Crippen LogP contribution in [0.15, 0.2) is 115 Å². The fourth-order valence-corrected chi connectivity index (χ4v) is 8.03. The van der Waals surface area contributed by atoms with Crippen LogP contribution >= 0.6 is 7.41 Å². The molecule has 3 nitrogen and oxygen atoms in total. The quantitative estimate of drug-likeness (QED) is 0.380. The lowest BCUT2D eigenvalue weighted by molar-refractivity contribution is 0.888. The highest BCUT2D eigenvalue weighted by molar-refractivity contribution is 7.96. The van der Waals surface area contributed by atoms with Gasteiger partial charge in [0.2, 0.25) is 7.41 Å². The summed E-state index contributed by atoms with van der Waals surface area (Å²) in [6, 6.07) is 42.0. The van der Waals surface area contributed by atoms with Crippen LogP contribution < -0.4 is 26.1 Å². The van der Waals surface area contributed by atoms with Gasteiger partial charge in [-0.2, -0.15) is 10.0 Å². The van der Waals surface area contributed by atoms with E-state index in [2.05, 4.69) is 107 Å². The second kappa shape index (κ2) is 8.93. The Morgan fingerprint density at radius 2 is 1.03 bits per heavy atom. The van der Waals surface area contributed by atoms with E-state index in [0.717, 1.165) is 5.69 Å². The zero-order valence-electron chi connectivity index (χ0n) is 16.8. The first-order valence-electron chi connectivity index (χ1n) is 9.85. The van der Waals surface area contributed by atoms with Crippen LogP contribution in [0.4, 0.5) is 5.69 Å². The van der Waals surface area contributed by atoms with Crippen molar-refractivity contribution >= 4 is 29.0 Å². The molecule has 0 saturated heterocycles. The van der Waals surface area contributed by atoms with Gasteiger partial charge in [-0.15, -0.1) is 0 Å². The molecule has 1 N–H and O–H groups in total. The van der Waals surface area contributed by atoms with E-state index in [0.29, 0.717) is 5.56 Å². The van der Waals surface area contributed by atoms with Crippen molar-refractivity contribution in [2.45, 2.75) is 0 Å². The molecule has 0 saturated carbocycles. The molecule has 0 aliphatic heterocycles. The number of nitrogens with zero attached hydrogens (tertiary/aromatic N) is 2. The highest BCUT2D eigenvalue weighted by Gasteiger charge is 2.52. The van der Waals surface area contributed by atoms with Crippen molar-refractivity contribution in [1.29, 1.82) is 5.26 Å². The summed E-state index contributed by atoms with van der Waals surface area (Å²) in [7, 11) is -0.309. The van der Waals surface area contributed by atoms with Crippen LogP contribution in [0.25, 0.3) is 0 Å². The lowest BCUT2D eigenvalue weighted by Crippen LogP contribution is -2.48. The number of rotatable bonds is 6. The van der Waals surface area contributed by atoms with E-state index in [9.17, 15) is 5.26 Å². The Kier molecular flexibility index (Phi) is 5.91. The maximum atomic E-state index is 9.25. The van der Waals surface area contributed by atoms with Crippen molar-refractivity contribution in [2.75, 3.05) is 11.8 Å². The molecule has 4 rings (SSSR count). The molecule has 0 atom stereocenters. The van der Waals surface area contributed by atoms with Gasteiger partial charge in [-0.25, -0.2) is 5.43 Å². The molecule has 146 valence electrons. The summed E-state index contributed by atoms with van der Waals surface area (Å²) in [5.74, 6) is 0. The third-order valence-corrected chi connectivity index (χ3v) is 9.31. The minimum Gasteiger partial charge on any atom is -0.204 e. The Morgan fingerprint density at radius 1 is 0.633 bits per heavy atom. The molecule has 0 radical (unpaired) electrons. The van der Waals surface area contributed by atoms with Crippen molar-refractivity contribution in [3.8, 4) is 6.07 Å². The molecule has 0 bridgehead atoms. The fraction of sp³-hybridized carbons (Fsp3) is 0.0385. The van der Waals surface area contributed by atoms with Crippen LogP contribution in [0.2, 0.25) is 0 Å². The third-order valence-electron chi connectivity index (χ3n) is 5.14. The molecule has 30 heavy (non-hydrogen) atoms. The number of anilines is 1. The summed E-state index contributed by atoms with van der Waals surface area (Å²) >= 11 is 0. The number of nitrogens with one attached hydrogen (secondary N) is 1. The highest BCUT2D eigenvalue weighted by atomic mass is 31.2. The van der Waals surface area contributed by atoms with Crippen LogP contribution in [0.3, 0.4) is 0 Å².